The van der Waals surface area contributed by atoms with Crippen molar-refractivity contribution in [2.45, 2.75) is 37.6 Å². The number of amides is 1. The van der Waals surface area contributed by atoms with Gasteiger partial charge in [-0.1, -0.05) is 35.5 Å². The number of hydrogen-bond acceptors (Lipinski definition) is 4. The molecule has 1 amide bonds. The number of hydrogen-bond donors (Lipinski definition) is 0. The number of alkyl halides is 1. The van der Waals surface area contributed by atoms with Gasteiger partial charge in [0.05, 0.1) is 0 Å². The number of rotatable bonds is 3. The molecule has 5 nitrogen and oxygen atoms in total. The molecule has 1 aromatic heterocycles. The normalized spacial score (nSPS) is 19.9. The van der Waals surface area contributed by atoms with Gasteiger partial charge in [0, 0.05) is 12.1 Å². The maximum Gasteiger partial charge on any atom is 0.249 e. The quantitative estimate of drug-likeness (QED) is 0.813. The number of aromatic nitrogens is 2. The molecular weight excluding hydrogens is 302 g/mol. The van der Waals surface area contributed by atoms with Crippen molar-refractivity contribution in [3.63, 3.8) is 0 Å². The van der Waals surface area contributed by atoms with Crippen LogP contribution in [-0.4, -0.2) is 32.9 Å². The average molecular weight is 320 g/mol. The standard InChI is InChI=1S/C16H18ClN3O2/c1-11(17)16(21)20-10-6-5-9-13(20)15-18-14(19-22-15)12-7-3-2-4-8-12/h2-4,7-8,11,13H,5-6,9-10H2,1H3/t11-,13-/m1/s1. The van der Waals surface area contributed by atoms with Gasteiger partial charge < -0.3 is 9.42 Å². The Morgan fingerprint density at radius 2 is 2.14 bits per heavy atom. The Morgan fingerprint density at radius 3 is 2.86 bits per heavy atom. The Hall–Kier alpha value is -1.88. The molecule has 1 saturated heterocycles. The summed E-state index contributed by atoms with van der Waals surface area (Å²) in [7, 11) is 0. The van der Waals surface area contributed by atoms with Gasteiger partial charge >= 0.3 is 0 Å². The highest BCUT2D eigenvalue weighted by Crippen LogP contribution is 2.32. The van der Waals surface area contributed by atoms with E-state index in [0.717, 1.165) is 24.8 Å². The molecule has 1 aliphatic heterocycles. The lowest BCUT2D eigenvalue weighted by Gasteiger charge is -2.34. The van der Waals surface area contributed by atoms with Crippen LogP contribution in [0.4, 0.5) is 0 Å². The number of carbonyl (C=O) groups is 1. The molecule has 0 N–H and O–H groups in total. The fraction of sp³-hybridized carbons (Fsp3) is 0.438. The molecule has 2 heterocycles. The van der Waals surface area contributed by atoms with Gasteiger partial charge in [0.1, 0.15) is 11.4 Å². The summed E-state index contributed by atoms with van der Waals surface area (Å²) in [5, 5.41) is 3.50. The van der Waals surface area contributed by atoms with Crippen molar-refractivity contribution in [2.75, 3.05) is 6.54 Å². The lowest BCUT2D eigenvalue weighted by molar-refractivity contribution is -0.135. The molecule has 116 valence electrons. The first-order valence-electron chi connectivity index (χ1n) is 7.50. The predicted octanol–water partition coefficient (Wildman–Crippen LogP) is 3.42. The van der Waals surface area contributed by atoms with Crippen LogP contribution in [0.3, 0.4) is 0 Å². The second-order valence-corrected chi connectivity index (χ2v) is 6.14. The van der Waals surface area contributed by atoms with E-state index in [-0.39, 0.29) is 11.9 Å². The van der Waals surface area contributed by atoms with Crippen LogP contribution in [0.25, 0.3) is 11.4 Å². The summed E-state index contributed by atoms with van der Waals surface area (Å²) >= 11 is 5.96. The monoisotopic (exact) mass is 319 g/mol. The maximum atomic E-state index is 12.3. The maximum absolute atomic E-state index is 12.3. The predicted molar refractivity (Wildman–Crippen MR) is 83.4 cm³/mol. The number of likely N-dealkylation sites (tertiary alicyclic amines) is 1. The zero-order valence-electron chi connectivity index (χ0n) is 12.4. The molecule has 1 aliphatic rings. The molecule has 1 aromatic carbocycles. The lowest BCUT2D eigenvalue weighted by Crippen LogP contribution is -2.41. The van der Waals surface area contributed by atoms with Gasteiger partial charge in [-0.2, -0.15) is 4.98 Å². The second-order valence-electron chi connectivity index (χ2n) is 5.48. The number of benzene rings is 1. The van der Waals surface area contributed by atoms with Gasteiger partial charge in [-0.15, -0.1) is 11.6 Å². The third kappa shape index (κ3) is 2.99. The van der Waals surface area contributed by atoms with Gasteiger partial charge in [0.25, 0.3) is 0 Å². The van der Waals surface area contributed by atoms with Crippen LogP contribution in [0, 0.1) is 0 Å². The molecular formula is C16H18ClN3O2. The fourth-order valence-corrected chi connectivity index (χ4v) is 2.88. The molecule has 0 radical (unpaired) electrons. The van der Waals surface area contributed by atoms with Crippen LogP contribution in [-0.2, 0) is 4.79 Å². The van der Waals surface area contributed by atoms with Gasteiger partial charge in [0.15, 0.2) is 0 Å². The van der Waals surface area contributed by atoms with E-state index in [1.165, 1.54) is 0 Å². The molecule has 22 heavy (non-hydrogen) atoms. The summed E-state index contributed by atoms with van der Waals surface area (Å²) in [5.74, 6) is 0.961. The van der Waals surface area contributed by atoms with Gasteiger partial charge in [-0.3, -0.25) is 4.79 Å². The Kier molecular flexibility index (Phi) is 4.43. The highest BCUT2D eigenvalue weighted by Gasteiger charge is 2.33. The number of carbonyl (C=O) groups excluding carboxylic acids is 1. The van der Waals surface area contributed by atoms with E-state index in [0.29, 0.717) is 18.3 Å². The number of nitrogens with zero attached hydrogens (tertiary/aromatic N) is 3. The molecule has 3 rings (SSSR count). The third-order valence-corrected chi connectivity index (χ3v) is 4.07. The van der Waals surface area contributed by atoms with Crippen molar-refractivity contribution in [1.82, 2.24) is 15.0 Å². The zero-order chi connectivity index (χ0) is 15.5. The minimum absolute atomic E-state index is 0.0779. The van der Waals surface area contributed by atoms with Crippen molar-refractivity contribution >= 4 is 17.5 Å². The number of piperidine rings is 1. The first kappa shape index (κ1) is 15.0. The summed E-state index contributed by atoms with van der Waals surface area (Å²) < 4.78 is 5.42. The SMILES string of the molecule is C[C@@H](Cl)C(=O)N1CCCC[C@@H]1c1nc(-c2ccccc2)no1. The van der Waals surface area contributed by atoms with Gasteiger partial charge in [-0.25, -0.2) is 0 Å². The fourth-order valence-electron chi connectivity index (χ4n) is 2.76. The first-order chi connectivity index (χ1) is 10.7. The van der Waals surface area contributed by atoms with E-state index in [2.05, 4.69) is 10.1 Å². The van der Waals surface area contributed by atoms with Crippen LogP contribution < -0.4 is 0 Å². The van der Waals surface area contributed by atoms with E-state index < -0.39 is 5.38 Å². The van der Waals surface area contributed by atoms with Crippen molar-refractivity contribution in [3.05, 3.63) is 36.2 Å². The Bertz CT molecular complexity index is 642. The van der Waals surface area contributed by atoms with E-state index in [1.54, 1.807) is 11.8 Å². The van der Waals surface area contributed by atoms with Crippen molar-refractivity contribution in [3.8, 4) is 11.4 Å². The highest BCUT2D eigenvalue weighted by molar-refractivity contribution is 6.30. The smallest absolute Gasteiger partial charge is 0.249 e. The molecule has 1 fully saturated rings. The summed E-state index contributed by atoms with van der Waals surface area (Å²) in [6.45, 7) is 2.38. The molecule has 2 atom stereocenters. The lowest BCUT2D eigenvalue weighted by atomic mass is 10.0. The molecule has 2 aromatic rings. The van der Waals surface area contributed by atoms with Gasteiger partial charge in [0.2, 0.25) is 17.6 Å². The minimum Gasteiger partial charge on any atom is -0.337 e. The third-order valence-electron chi connectivity index (χ3n) is 3.88. The van der Waals surface area contributed by atoms with Crippen LogP contribution >= 0.6 is 11.6 Å². The van der Waals surface area contributed by atoms with Crippen LogP contribution in [0.15, 0.2) is 34.9 Å². The highest BCUT2D eigenvalue weighted by atomic mass is 35.5. The Balaban J connectivity index is 1.86. The Labute approximate surface area is 134 Å². The van der Waals surface area contributed by atoms with Gasteiger partial charge in [-0.05, 0) is 26.2 Å². The van der Waals surface area contributed by atoms with E-state index in [9.17, 15) is 4.79 Å². The zero-order valence-corrected chi connectivity index (χ0v) is 13.2. The molecule has 0 unspecified atom stereocenters. The minimum atomic E-state index is -0.544. The van der Waals surface area contributed by atoms with Crippen LogP contribution in [0.5, 0.6) is 0 Å². The topological polar surface area (TPSA) is 59.2 Å². The van der Waals surface area contributed by atoms with E-state index >= 15 is 0 Å². The van der Waals surface area contributed by atoms with Crippen molar-refractivity contribution in [1.29, 1.82) is 0 Å². The summed E-state index contributed by atoms with van der Waals surface area (Å²) in [6.07, 6.45) is 2.84. The number of halogens is 1. The van der Waals surface area contributed by atoms with Crippen LogP contribution in [0.2, 0.25) is 0 Å². The molecule has 6 heteroatoms. The average Bonchev–Trinajstić information content (AvgIpc) is 3.05. The molecule has 0 bridgehead atoms. The van der Waals surface area contributed by atoms with E-state index in [4.69, 9.17) is 16.1 Å². The first-order valence-corrected chi connectivity index (χ1v) is 7.94. The molecule has 0 aliphatic carbocycles. The van der Waals surface area contributed by atoms with E-state index in [1.807, 2.05) is 30.3 Å². The largest absolute Gasteiger partial charge is 0.337 e. The summed E-state index contributed by atoms with van der Waals surface area (Å²) in [4.78, 5) is 18.5. The summed E-state index contributed by atoms with van der Waals surface area (Å²) in [5.41, 5.74) is 0.900. The van der Waals surface area contributed by atoms with Crippen molar-refractivity contribution < 1.29 is 9.32 Å². The second kappa shape index (κ2) is 6.48. The molecule has 0 spiro atoms. The molecule has 0 saturated carbocycles. The van der Waals surface area contributed by atoms with Crippen molar-refractivity contribution in [2.24, 2.45) is 0 Å². The Morgan fingerprint density at radius 1 is 1.36 bits per heavy atom. The van der Waals surface area contributed by atoms with Crippen LogP contribution in [0.1, 0.15) is 38.1 Å². The summed E-state index contributed by atoms with van der Waals surface area (Å²) in [6, 6.07) is 9.48.